The summed E-state index contributed by atoms with van der Waals surface area (Å²) < 4.78 is 2.05. The zero-order chi connectivity index (χ0) is 26.1. The van der Waals surface area contributed by atoms with Crippen LogP contribution in [0.1, 0.15) is 16.1 Å². The van der Waals surface area contributed by atoms with Crippen molar-refractivity contribution in [1.29, 1.82) is 0 Å². The Bertz CT molecular complexity index is 1830. The Balaban J connectivity index is 1.45. The number of nitrogens with zero attached hydrogens (tertiary/aromatic N) is 6. The molecule has 0 radical (unpaired) electrons. The van der Waals surface area contributed by atoms with Gasteiger partial charge in [0, 0.05) is 17.8 Å². The molecule has 3 aromatic heterocycles. The first kappa shape index (κ1) is 23.0. The van der Waals surface area contributed by atoms with Crippen molar-refractivity contribution in [2.45, 2.75) is 6.54 Å². The fourth-order valence-corrected chi connectivity index (χ4v) is 4.37. The Morgan fingerprint density at radius 2 is 1.66 bits per heavy atom. The SMILES string of the molecule is O=C(O)c1cc2ccccc2c(/N=N/c2ccc3c(c2)nc(-c2ccccn2)n3Cc2ccccn2)c1O. The maximum atomic E-state index is 11.7. The highest BCUT2D eigenvalue weighted by Gasteiger charge is 2.18. The third-order valence-electron chi connectivity index (χ3n) is 6.16. The number of phenols is 1. The van der Waals surface area contributed by atoms with Crippen LogP contribution in [0.25, 0.3) is 33.3 Å². The van der Waals surface area contributed by atoms with E-state index in [1.807, 2.05) is 42.5 Å². The number of carboxylic acid groups (broad SMARTS) is 1. The first-order chi connectivity index (χ1) is 18.6. The highest BCUT2D eigenvalue weighted by molar-refractivity contribution is 6.04. The normalized spacial score (nSPS) is 11.5. The number of carbonyl (C=O) groups is 1. The second-order valence-electron chi connectivity index (χ2n) is 8.58. The topological polar surface area (TPSA) is 126 Å². The molecule has 0 spiro atoms. The van der Waals surface area contributed by atoms with Gasteiger partial charge in [-0.15, -0.1) is 5.11 Å². The van der Waals surface area contributed by atoms with Gasteiger partial charge in [0.25, 0.3) is 0 Å². The van der Waals surface area contributed by atoms with E-state index in [-0.39, 0.29) is 11.3 Å². The summed E-state index contributed by atoms with van der Waals surface area (Å²) >= 11 is 0. The van der Waals surface area contributed by atoms with Crippen LogP contribution in [0.3, 0.4) is 0 Å². The van der Waals surface area contributed by atoms with E-state index in [2.05, 4.69) is 24.8 Å². The van der Waals surface area contributed by atoms with Crippen molar-refractivity contribution in [3.8, 4) is 17.3 Å². The molecule has 0 fully saturated rings. The molecular formula is C29H20N6O3. The van der Waals surface area contributed by atoms with Crippen LogP contribution < -0.4 is 0 Å². The third kappa shape index (κ3) is 4.22. The lowest BCUT2D eigenvalue weighted by Crippen LogP contribution is -2.04. The number of carboxylic acids is 1. The summed E-state index contributed by atoms with van der Waals surface area (Å²) in [5, 5.41) is 30.0. The first-order valence-electron chi connectivity index (χ1n) is 11.8. The molecule has 0 aliphatic rings. The number of rotatable bonds is 6. The molecule has 9 nitrogen and oxygen atoms in total. The molecule has 9 heteroatoms. The molecule has 0 saturated heterocycles. The van der Waals surface area contributed by atoms with Crippen molar-refractivity contribution < 1.29 is 15.0 Å². The molecule has 38 heavy (non-hydrogen) atoms. The number of imidazole rings is 1. The number of benzene rings is 3. The van der Waals surface area contributed by atoms with Gasteiger partial charge in [0.15, 0.2) is 11.6 Å². The van der Waals surface area contributed by atoms with Crippen LogP contribution in [-0.4, -0.2) is 35.7 Å². The van der Waals surface area contributed by atoms with E-state index in [0.29, 0.717) is 34.3 Å². The summed E-state index contributed by atoms with van der Waals surface area (Å²) in [6.07, 6.45) is 3.48. The van der Waals surface area contributed by atoms with Gasteiger partial charge in [0.1, 0.15) is 16.9 Å². The van der Waals surface area contributed by atoms with Gasteiger partial charge in [0.2, 0.25) is 0 Å². The van der Waals surface area contributed by atoms with E-state index in [1.165, 1.54) is 6.07 Å². The Kier molecular flexibility index (Phi) is 5.78. The number of hydrogen-bond acceptors (Lipinski definition) is 7. The standard InChI is InChI=1S/C29H20N6O3/c36-27-22(29(37)38)15-18-7-1-2-9-21(18)26(27)34-33-19-11-12-25-24(16-19)32-28(23-10-4-6-14-31-23)35(25)17-20-8-3-5-13-30-20/h1-16,36H,17H2,(H,37,38)/b34-33+. The molecule has 0 atom stereocenters. The molecule has 0 unspecified atom stereocenters. The van der Waals surface area contributed by atoms with E-state index < -0.39 is 11.7 Å². The van der Waals surface area contributed by atoms with E-state index in [9.17, 15) is 15.0 Å². The van der Waals surface area contributed by atoms with Crippen LogP contribution in [0.5, 0.6) is 5.75 Å². The molecule has 184 valence electrons. The number of pyridine rings is 2. The van der Waals surface area contributed by atoms with Crippen LogP contribution in [0, 0.1) is 0 Å². The average molecular weight is 501 g/mol. The van der Waals surface area contributed by atoms with Crippen LogP contribution >= 0.6 is 0 Å². The quantitative estimate of drug-likeness (QED) is 0.251. The van der Waals surface area contributed by atoms with Crippen LogP contribution in [0.2, 0.25) is 0 Å². The van der Waals surface area contributed by atoms with E-state index >= 15 is 0 Å². The molecule has 0 amide bonds. The fourth-order valence-electron chi connectivity index (χ4n) is 4.37. The maximum Gasteiger partial charge on any atom is 0.339 e. The van der Waals surface area contributed by atoms with E-state index in [1.54, 1.807) is 48.8 Å². The summed E-state index contributed by atoms with van der Waals surface area (Å²) in [5.74, 6) is -0.983. The molecule has 3 heterocycles. The Hall–Kier alpha value is -5.44. The number of hydrogen-bond donors (Lipinski definition) is 2. The first-order valence-corrected chi connectivity index (χ1v) is 11.8. The van der Waals surface area contributed by atoms with E-state index in [0.717, 1.165) is 16.9 Å². The molecule has 2 N–H and O–H groups in total. The minimum absolute atomic E-state index is 0.0930. The van der Waals surface area contributed by atoms with Gasteiger partial charge >= 0.3 is 5.97 Å². The second-order valence-corrected chi connectivity index (χ2v) is 8.58. The molecule has 6 rings (SSSR count). The summed E-state index contributed by atoms with van der Waals surface area (Å²) in [4.78, 5) is 25.5. The number of azo groups is 1. The van der Waals surface area contributed by atoms with Gasteiger partial charge in [-0.05, 0) is 53.9 Å². The molecular weight excluding hydrogens is 480 g/mol. The maximum absolute atomic E-state index is 11.7. The summed E-state index contributed by atoms with van der Waals surface area (Å²) in [5.41, 5.74) is 3.52. The third-order valence-corrected chi connectivity index (χ3v) is 6.16. The molecule has 0 aliphatic heterocycles. The summed E-state index contributed by atoms with van der Waals surface area (Å²) in [7, 11) is 0. The lowest BCUT2D eigenvalue weighted by Gasteiger charge is -2.08. The molecule has 0 bridgehead atoms. The molecule has 0 saturated carbocycles. The lowest BCUT2D eigenvalue weighted by atomic mass is 10.0. The number of aromatic hydroxyl groups is 1. The monoisotopic (exact) mass is 500 g/mol. The number of fused-ring (bicyclic) bond motifs is 2. The van der Waals surface area contributed by atoms with Crippen molar-refractivity contribution in [3.05, 3.63) is 109 Å². The van der Waals surface area contributed by atoms with Crippen LogP contribution in [-0.2, 0) is 6.54 Å². The van der Waals surface area contributed by atoms with Crippen LogP contribution in [0.15, 0.2) is 108 Å². The largest absolute Gasteiger partial charge is 0.505 e. The predicted molar refractivity (Wildman–Crippen MR) is 143 cm³/mol. The highest BCUT2D eigenvalue weighted by Crippen LogP contribution is 2.39. The second kappa shape index (κ2) is 9.55. The Morgan fingerprint density at radius 3 is 2.42 bits per heavy atom. The van der Waals surface area contributed by atoms with Gasteiger partial charge in [-0.2, -0.15) is 5.11 Å². The zero-order valence-corrected chi connectivity index (χ0v) is 19.9. The van der Waals surface area contributed by atoms with Gasteiger partial charge in [-0.3, -0.25) is 9.97 Å². The van der Waals surface area contributed by atoms with Crippen molar-refractivity contribution >= 4 is 39.1 Å². The van der Waals surface area contributed by atoms with Crippen molar-refractivity contribution in [1.82, 2.24) is 19.5 Å². The summed E-state index contributed by atoms with van der Waals surface area (Å²) in [6.45, 7) is 0.506. The zero-order valence-electron chi connectivity index (χ0n) is 19.9. The lowest BCUT2D eigenvalue weighted by molar-refractivity contribution is 0.0694. The minimum atomic E-state index is -1.24. The van der Waals surface area contributed by atoms with Crippen molar-refractivity contribution in [2.75, 3.05) is 0 Å². The van der Waals surface area contributed by atoms with Gasteiger partial charge in [-0.1, -0.05) is 36.4 Å². The smallest absolute Gasteiger partial charge is 0.339 e. The summed E-state index contributed by atoms with van der Waals surface area (Å²) in [6, 6.07) is 25.5. The molecule has 3 aromatic carbocycles. The van der Waals surface area contributed by atoms with Gasteiger partial charge in [0.05, 0.1) is 29.0 Å². The van der Waals surface area contributed by atoms with Gasteiger partial charge < -0.3 is 14.8 Å². The van der Waals surface area contributed by atoms with Crippen molar-refractivity contribution in [3.63, 3.8) is 0 Å². The number of aromatic carboxylic acids is 1. The van der Waals surface area contributed by atoms with Crippen molar-refractivity contribution in [2.24, 2.45) is 10.2 Å². The predicted octanol–water partition coefficient (Wildman–Crippen LogP) is 6.51. The average Bonchev–Trinajstić information content (AvgIpc) is 3.30. The molecule has 0 aliphatic carbocycles. The van der Waals surface area contributed by atoms with Gasteiger partial charge in [-0.25, -0.2) is 9.78 Å². The van der Waals surface area contributed by atoms with Crippen LogP contribution in [0.4, 0.5) is 11.4 Å². The molecule has 6 aromatic rings. The minimum Gasteiger partial charge on any atom is -0.505 e. The fraction of sp³-hybridized carbons (Fsp3) is 0.0345. The highest BCUT2D eigenvalue weighted by atomic mass is 16.4. The Labute approximate surface area is 216 Å². The Morgan fingerprint density at radius 1 is 0.868 bits per heavy atom. The number of aromatic nitrogens is 4. The van der Waals surface area contributed by atoms with E-state index in [4.69, 9.17) is 4.98 Å².